The molecule has 3 rings (SSSR count). The van der Waals surface area contributed by atoms with Crippen LogP contribution in [0.1, 0.15) is 24.3 Å². The lowest BCUT2D eigenvalue weighted by Gasteiger charge is -2.09. The minimum absolute atomic E-state index is 0.557. The van der Waals surface area contributed by atoms with Crippen molar-refractivity contribution >= 4 is 39.3 Å². The molecular formula is C18H18N2O2S2. The Morgan fingerprint density at radius 1 is 1.29 bits per heavy atom. The third-order valence-corrected chi connectivity index (χ3v) is 6.15. The average molecular weight is 358 g/mol. The molecule has 0 aliphatic carbocycles. The van der Waals surface area contributed by atoms with Crippen molar-refractivity contribution in [1.29, 1.82) is 0 Å². The molecule has 0 fully saturated rings. The van der Waals surface area contributed by atoms with E-state index in [0.717, 1.165) is 32.8 Å². The Bertz CT molecular complexity index is 888. The van der Waals surface area contributed by atoms with E-state index in [1.807, 2.05) is 0 Å². The molecule has 0 aliphatic heterocycles. The van der Waals surface area contributed by atoms with Crippen molar-refractivity contribution < 1.29 is 9.90 Å². The molecule has 2 heterocycles. The SMILES string of the molecule is CCc1sc2ncnc(SC(C)C(=O)O)c2c1-c1ccc(C)cc1. The summed E-state index contributed by atoms with van der Waals surface area (Å²) in [6.07, 6.45) is 2.43. The maximum absolute atomic E-state index is 11.2. The van der Waals surface area contributed by atoms with Crippen LogP contribution in [0.25, 0.3) is 21.3 Å². The number of carbonyl (C=O) groups is 1. The number of thioether (sulfide) groups is 1. The van der Waals surface area contributed by atoms with Crippen LogP contribution in [-0.2, 0) is 11.2 Å². The molecule has 0 bridgehead atoms. The number of aryl methyl sites for hydroxylation is 2. The van der Waals surface area contributed by atoms with E-state index in [4.69, 9.17) is 0 Å². The van der Waals surface area contributed by atoms with Crippen molar-refractivity contribution in [2.45, 2.75) is 37.5 Å². The summed E-state index contributed by atoms with van der Waals surface area (Å²) in [6.45, 7) is 5.87. The topological polar surface area (TPSA) is 63.1 Å². The first-order valence-corrected chi connectivity index (χ1v) is 9.43. The molecule has 0 aliphatic rings. The number of aromatic nitrogens is 2. The fourth-order valence-corrected chi connectivity index (χ4v) is 4.56. The summed E-state index contributed by atoms with van der Waals surface area (Å²) in [5.74, 6) is -0.838. The summed E-state index contributed by atoms with van der Waals surface area (Å²) < 4.78 is 0. The largest absolute Gasteiger partial charge is 0.480 e. The highest BCUT2D eigenvalue weighted by Gasteiger charge is 2.21. The molecule has 1 unspecified atom stereocenters. The van der Waals surface area contributed by atoms with Gasteiger partial charge in [0.05, 0.1) is 5.39 Å². The van der Waals surface area contributed by atoms with Gasteiger partial charge in [-0.2, -0.15) is 0 Å². The summed E-state index contributed by atoms with van der Waals surface area (Å²) in [5, 5.41) is 10.4. The summed E-state index contributed by atoms with van der Waals surface area (Å²) in [4.78, 5) is 22.2. The van der Waals surface area contributed by atoms with E-state index in [9.17, 15) is 9.90 Å². The second-order valence-electron chi connectivity index (χ2n) is 5.58. The van der Waals surface area contributed by atoms with Crippen molar-refractivity contribution in [3.8, 4) is 11.1 Å². The molecule has 0 saturated heterocycles. The zero-order chi connectivity index (χ0) is 17.3. The number of fused-ring (bicyclic) bond motifs is 1. The molecule has 1 aromatic carbocycles. The van der Waals surface area contributed by atoms with Crippen molar-refractivity contribution in [1.82, 2.24) is 9.97 Å². The summed E-state index contributed by atoms with van der Waals surface area (Å²) >= 11 is 2.93. The Kier molecular flexibility index (Phi) is 4.87. The Labute approximate surface area is 149 Å². The van der Waals surface area contributed by atoms with Crippen molar-refractivity contribution in [3.05, 3.63) is 41.0 Å². The van der Waals surface area contributed by atoms with Crippen LogP contribution in [0.5, 0.6) is 0 Å². The lowest BCUT2D eigenvalue weighted by Crippen LogP contribution is -2.11. The van der Waals surface area contributed by atoms with Crippen LogP contribution in [0.15, 0.2) is 35.6 Å². The predicted molar refractivity (Wildman–Crippen MR) is 99.9 cm³/mol. The average Bonchev–Trinajstić information content (AvgIpc) is 2.95. The van der Waals surface area contributed by atoms with E-state index < -0.39 is 11.2 Å². The van der Waals surface area contributed by atoms with Crippen LogP contribution in [0.2, 0.25) is 0 Å². The number of carboxylic acids is 1. The molecule has 0 amide bonds. The molecule has 4 nitrogen and oxygen atoms in total. The highest BCUT2D eigenvalue weighted by Crippen LogP contribution is 2.42. The van der Waals surface area contributed by atoms with Gasteiger partial charge in [-0.25, -0.2) is 9.97 Å². The first kappa shape index (κ1) is 16.9. The molecule has 0 saturated carbocycles. The molecule has 1 N–H and O–H groups in total. The number of hydrogen-bond donors (Lipinski definition) is 1. The van der Waals surface area contributed by atoms with Crippen molar-refractivity contribution in [3.63, 3.8) is 0 Å². The van der Waals surface area contributed by atoms with Crippen LogP contribution in [0, 0.1) is 6.92 Å². The van der Waals surface area contributed by atoms with Crippen LogP contribution < -0.4 is 0 Å². The zero-order valence-electron chi connectivity index (χ0n) is 13.7. The quantitative estimate of drug-likeness (QED) is 0.524. The lowest BCUT2D eigenvalue weighted by molar-refractivity contribution is -0.136. The second-order valence-corrected chi connectivity index (χ2v) is 7.99. The van der Waals surface area contributed by atoms with Gasteiger partial charge in [-0.15, -0.1) is 11.3 Å². The number of nitrogens with zero attached hydrogens (tertiary/aromatic N) is 2. The normalized spacial score (nSPS) is 12.5. The zero-order valence-corrected chi connectivity index (χ0v) is 15.4. The number of thiophene rings is 1. The standard InChI is InChI=1S/C18H18N2O2S2/c1-4-13-14(12-7-5-10(2)6-8-12)15-16(23-11(3)18(21)22)19-9-20-17(15)24-13/h5-9,11H,4H2,1-3H3,(H,21,22). The van der Waals surface area contributed by atoms with Gasteiger partial charge in [-0.3, -0.25) is 4.79 Å². The van der Waals surface area contributed by atoms with E-state index in [1.165, 1.54) is 28.5 Å². The van der Waals surface area contributed by atoms with E-state index in [1.54, 1.807) is 18.3 Å². The van der Waals surface area contributed by atoms with Gasteiger partial charge >= 0.3 is 5.97 Å². The third-order valence-electron chi connectivity index (χ3n) is 3.82. The Balaban J connectivity index is 2.22. The second kappa shape index (κ2) is 6.91. The number of hydrogen-bond acceptors (Lipinski definition) is 5. The summed E-state index contributed by atoms with van der Waals surface area (Å²) in [6, 6.07) is 8.40. The predicted octanol–water partition coefficient (Wildman–Crippen LogP) is 4.79. The Morgan fingerprint density at radius 2 is 2.00 bits per heavy atom. The number of aliphatic carboxylic acids is 1. The van der Waals surface area contributed by atoms with E-state index >= 15 is 0 Å². The maximum atomic E-state index is 11.2. The van der Waals surface area contributed by atoms with Gasteiger partial charge in [0.15, 0.2) is 0 Å². The van der Waals surface area contributed by atoms with Gasteiger partial charge in [0.1, 0.15) is 21.4 Å². The molecular weight excluding hydrogens is 340 g/mol. The Morgan fingerprint density at radius 3 is 2.62 bits per heavy atom. The molecule has 0 spiro atoms. The van der Waals surface area contributed by atoms with E-state index in [2.05, 4.69) is 48.1 Å². The molecule has 6 heteroatoms. The van der Waals surface area contributed by atoms with Crippen LogP contribution in [0.3, 0.4) is 0 Å². The first-order valence-electron chi connectivity index (χ1n) is 7.74. The van der Waals surface area contributed by atoms with Crippen molar-refractivity contribution in [2.75, 3.05) is 0 Å². The fourth-order valence-electron chi connectivity index (χ4n) is 2.53. The molecule has 3 aromatic rings. The van der Waals surface area contributed by atoms with Crippen molar-refractivity contribution in [2.24, 2.45) is 0 Å². The summed E-state index contributed by atoms with van der Waals surface area (Å²) in [7, 11) is 0. The first-order chi connectivity index (χ1) is 11.5. The van der Waals surface area contributed by atoms with Crippen LogP contribution >= 0.6 is 23.1 Å². The van der Waals surface area contributed by atoms with E-state index in [0.29, 0.717) is 0 Å². The molecule has 1 atom stereocenters. The Hall–Kier alpha value is -1.92. The lowest BCUT2D eigenvalue weighted by atomic mass is 10.0. The van der Waals surface area contributed by atoms with Gasteiger partial charge in [-0.1, -0.05) is 48.5 Å². The van der Waals surface area contributed by atoms with Gasteiger partial charge in [0.2, 0.25) is 0 Å². The number of benzene rings is 1. The minimum Gasteiger partial charge on any atom is -0.480 e. The third kappa shape index (κ3) is 3.16. The van der Waals surface area contributed by atoms with Gasteiger partial charge in [-0.05, 0) is 25.8 Å². The molecule has 0 radical (unpaired) electrons. The number of carboxylic acid groups (broad SMARTS) is 1. The van der Waals surface area contributed by atoms with Gasteiger partial charge in [0, 0.05) is 10.4 Å². The molecule has 124 valence electrons. The molecule has 2 aromatic heterocycles. The van der Waals surface area contributed by atoms with Gasteiger partial charge in [0.25, 0.3) is 0 Å². The maximum Gasteiger partial charge on any atom is 0.316 e. The smallest absolute Gasteiger partial charge is 0.316 e. The fraction of sp³-hybridized carbons (Fsp3) is 0.278. The number of rotatable bonds is 5. The molecule has 24 heavy (non-hydrogen) atoms. The van der Waals surface area contributed by atoms with Crippen LogP contribution in [0.4, 0.5) is 0 Å². The highest BCUT2D eigenvalue weighted by atomic mass is 32.2. The minimum atomic E-state index is -0.838. The van der Waals surface area contributed by atoms with Gasteiger partial charge < -0.3 is 5.11 Å². The van der Waals surface area contributed by atoms with Crippen LogP contribution in [-0.4, -0.2) is 26.3 Å². The van der Waals surface area contributed by atoms with E-state index in [-0.39, 0.29) is 0 Å². The highest BCUT2D eigenvalue weighted by molar-refractivity contribution is 8.00. The monoisotopic (exact) mass is 358 g/mol. The summed E-state index contributed by atoms with van der Waals surface area (Å²) in [5.41, 5.74) is 3.48.